The van der Waals surface area contributed by atoms with E-state index in [9.17, 15) is 0 Å². The summed E-state index contributed by atoms with van der Waals surface area (Å²) in [7, 11) is 0. The standard InChI is InChI=1S/C4H5ClN2/c5-4-1-2-6-7-3-4/h1-3,6-7H. The maximum absolute atomic E-state index is 5.49. The van der Waals surface area contributed by atoms with E-state index in [1.807, 2.05) is 0 Å². The van der Waals surface area contributed by atoms with Gasteiger partial charge in [-0.05, 0) is 6.08 Å². The summed E-state index contributed by atoms with van der Waals surface area (Å²) in [6.45, 7) is 0. The van der Waals surface area contributed by atoms with Crippen molar-refractivity contribution in [3.05, 3.63) is 23.5 Å². The van der Waals surface area contributed by atoms with Gasteiger partial charge < -0.3 is 10.9 Å². The van der Waals surface area contributed by atoms with Gasteiger partial charge in [-0.1, -0.05) is 11.6 Å². The highest BCUT2D eigenvalue weighted by molar-refractivity contribution is 6.31. The van der Waals surface area contributed by atoms with Gasteiger partial charge in [0.05, 0.1) is 5.03 Å². The van der Waals surface area contributed by atoms with Gasteiger partial charge in [0.15, 0.2) is 0 Å². The van der Waals surface area contributed by atoms with Crippen LogP contribution in [0.3, 0.4) is 0 Å². The minimum absolute atomic E-state index is 0.707. The fraction of sp³-hybridized carbons (Fsp3) is 0. The highest BCUT2D eigenvalue weighted by Crippen LogP contribution is 2.00. The van der Waals surface area contributed by atoms with Gasteiger partial charge in [-0.3, -0.25) is 0 Å². The molecule has 0 radical (unpaired) electrons. The van der Waals surface area contributed by atoms with Gasteiger partial charge in [-0.25, -0.2) is 0 Å². The Morgan fingerprint density at radius 2 is 2.29 bits per heavy atom. The van der Waals surface area contributed by atoms with E-state index in [-0.39, 0.29) is 0 Å². The molecule has 0 aromatic rings. The van der Waals surface area contributed by atoms with E-state index in [0.29, 0.717) is 5.03 Å². The zero-order chi connectivity index (χ0) is 5.11. The van der Waals surface area contributed by atoms with Crippen LogP contribution in [0.4, 0.5) is 0 Å². The van der Waals surface area contributed by atoms with Gasteiger partial charge in [-0.15, -0.1) is 0 Å². The Bertz CT molecular complexity index is 117. The molecule has 2 N–H and O–H groups in total. The van der Waals surface area contributed by atoms with Crippen LogP contribution in [0.1, 0.15) is 0 Å². The number of rotatable bonds is 0. The third-order valence-electron chi connectivity index (χ3n) is 0.619. The minimum Gasteiger partial charge on any atom is -0.309 e. The summed E-state index contributed by atoms with van der Waals surface area (Å²) in [5.41, 5.74) is 5.43. The normalized spacial score (nSPS) is 17.0. The monoisotopic (exact) mass is 116 g/mol. The van der Waals surface area contributed by atoms with Crippen molar-refractivity contribution in [3.8, 4) is 0 Å². The van der Waals surface area contributed by atoms with E-state index in [1.165, 1.54) is 0 Å². The molecule has 1 heterocycles. The van der Waals surface area contributed by atoms with Crippen LogP contribution in [0.25, 0.3) is 0 Å². The first-order chi connectivity index (χ1) is 3.39. The molecule has 0 spiro atoms. The van der Waals surface area contributed by atoms with Crippen molar-refractivity contribution in [1.82, 2.24) is 10.9 Å². The lowest BCUT2D eigenvalue weighted by Gasteiger charge is -2.02. The second kappa shape index (κ2) is 1.89. The Morgan fingerprint density at radius 3 is 2.57 bits per heavy atom. The first kappa shape index (κ1) is 4.53. The van der Waals surface area contributed by atoms with Gasteiger partial charge in [0, 0.05) is 12.4 Å². The maximum atomic E-state index is 5.49. The lowest BCUT2D eigenvalue weighted by molar-refractivity contribution is 0.765. The van der Waals surface area contributed by atoms with E-state index in [4.69, 9.17) is 11.6 Å². The van der Waals surface area contributed by atoms with Gasteiger partial charge in [0.25, 0.3) is 0 Å². The van der Waals surface area contributed by atoms with E-state index in [1.54, 1.807) is 18.5 Å². The largest absolute Gasteiger partial charge is 0.309 e. The molecule has 1 aliphatic rings. The maximum Gasteiger partial charge on any atom is 0.0596 e. The average molecular weight is 117 g/mol. The molecule has 0 aliphatic carbocycles. The Hall–Kier alpha value is -0.630. The van der Waals surface area contributed by atoms with Crippen LogP contribution in [0, 0.1) is 0 Å². The van der Waals surface area contributed by atoms with Crippen LogP contribution in [0.15, 0.2) is 23.5 Å². The molecule has 0 saturated heterocycles. The molecule has 1 rings (SSSR count). The van der Waals surface area contributed by atoms with Crippen molar-refractivity contribution in [3.63, 3.8) is 0 Å². The summed E-state index contributed by atoms with van der Waals surface area (Å²) >= 11 is 5.49. The number of hydrogen-bond donors (Lipinski definition) is 2. The topological polar surface area (TPSA) is 24.1 Å². The molecule has 0 bridgehead atoms. The highest BCUT2D eigenvalue weighted by atomic mass is 35.5. The molecular weight excluding hydrogens is 112 g/mol. The molecule has 0 aromatic carbocycles. The van der Waals surface area contributed by atoms with Gasteiger partial charge in [0.2, 0.25) is 0 Å². The molecule has 38 valence electrons. The van der Waals surface area contributed by atoms with Crippen LogP contribution >= 0.6 is 11.6 Å². The first-order valence-electron chi connectivity index (χ1n) is 1.93. The quantitative estimate of drug-likeness (QED) is 0.487. The van der Waals surface area contributed by atoms with Crippen molar-refractivity contribution in [2.24, 2.45) is 0 Å². The Labute approximate surface area is 46.8 Å². The third kappa shape index (κ3) is 1.12. The van der Waals surface area contributed by atoms with Crippen molar-refractivity contribution >= 4 is 11.6 Å². The van der Waals surface area contributed by atoms with Gasteiger partial charge in [-0.2, -0.15) is 0 Å². The number of allylic oxidation sites excluding steroid dienone is 2. The highest BCUT2D eigenvalue weighted by Gasteiger charge is 1.85. The zero-order valence-electron chi connectivity index (χ0n) is 3.61. The van der Waals surface area contributed by atoms with E-state index in [0.717, 1.165) is 0 Å². The summed E-state index contributed by atoms with van der Waals surface area (Å²) in [5.74, 6) is 0. The predicted octanol–water partition coefficient (Wildman–Crippen LogP) is 0.688. The SMILES string of the molecule is ClC1=CNNC=C1. The summed E-state index contributed by atoms with van der Waals surface area (Å²) in [5, 5.41) is 0.707. The molecule has 0 amide bonds. The van der Waals surface area contributed by atoms with Crippen molar-refractivity contribution in [2.45, 2.75) is 0 Å². The second-order valence-electron chi connectivity index (χ2n) is 1.15. The number of hydrogen-bond acceptors (Lipinski definition) is 2. The van der Waals surface area contributed by atoms with Gasteiger partial charge in [0.1, 0.15) is 0 Å². The lowest BCUT2D eigenvalue weighted by Crippen LogP contribution is -2.22. The molecule has 0 aromatic heterocycles. The molecule has 0 fully saturated rings. The summed E-state index contributed by atoms with van der Waals surface area (Å²) < 4.78 is 0. The molecule has 3 heteroatoms. The van der Waals surface area contributed by atoms with E-state index < -0.39 is 0 Å². The molecule has 0 unspecified atom stereocenters. The number of nitrogens with one attached hydrogen (secondary N) is 2. The molecular formula is C4H5ClN2. The van der Waals surface area contributed by atoms with Crippen LogP contribution in [-0.4, -0.2) is 0 Å². The molecule has 2 nitrogen and oxygen atoms in total. The Morgan fingerprint density at radius 1 is 1.43 bits per heavy atom. The van der Waals surface area contributed by atoms with Crippen molar-refractivity contribution < 1.29 is 0 Å². The minimum atomic E-state index is 0.707. The predicted molar refractivity (Wildman–Crippen MR) is 29.3 cm³/mol. The molecule has 0 atom stereocenters. The first-order valence-corrected chi connectivity index (χ1v) is 2.30. The van der Waals surface area contributed by atoms with Crippen molar-refractivity contribution in [1.29, 1.82) is 0 Å². The Kier molecular flexibility index (Phi) is 1.22. The second-order valence-corrected chi connectivity index (χ2v) is 1.59. The van der Waals surface area contributed by atoms with Crippen LogP contribution in [0.2, 0.25) is 0 Å². The van der Waals surface area contributed by atoms with Gasteiger partial charge >= 0.3 is 0 Å². The smallest absolute Gasteiger partial charge is 0.0596 e. The fourth-order valence-corrected chi connectivity index (χ4v) is 0.446. The number of halogens is 1. The van der Waals surface area contributed by atoms with Crippen molar-refractivity contribution in [2.75, 3.05) is 0 Å². The fourth-order valence-electron chi connectivity index (χ4n) is 0.328. The molecule has 0 saturated carbocycles. The van der Waals surface area contributed by atoms with Crippen LogP contribution in [0.5, 0.6) is 0 Å². The van der Waals surface area contributed by atoms with Crippen LogP contribution < -0.4 is 10.9 Å². The Balaban J connectivity index is 2.58. The van der Waals surface area contributed by atoms with E-state index >= 15 is 0 Å². The summed E-state index contributed by atoms with van der Waals surface area (Å²) in [6, 6.07) is 0. The summed E-state index contributed by atoms with van der Waals surface area (Å²) in [4.78, 5) is 0. The summed E-state index contributed by atoms with van der Waals surface area (Å²) in [6.07, 6.45) is 5.15. The average Bonchev–Trinajstić information content (AvgIpc) is 1.69. The number of hydrazine groups is 1. The third-order valence-corrected chi connectivity index (χ3v) is 0.854. The van der Waals surface area contributed by atoms with E-state index in [2.05, 4.69) is 10.9 Å². The van der Waals surface area contributed by atoms with Crippen LogP contribution in [-0.2, 0) is 0 Å². The molecule has 1 aliphatic heterocycles. The molecule has 7 heavy (non-hydrogen) atoms. The lowest BCUT2D eigenvalue weighted by atomic mass is 10.5. The zero-order valence-corrected chi connectivity index (χ0v) is 4.37.